The van der Waals surface area contributed by atoms with Gasteiger partial charge in [-0.05, 0) is 31.9 Å². The third-order valence-electron chi connectivity index (χ3n) is 3.64. The molecule has 0 radical (unpaired) electrons. The van der Waals surface area contributed by atoms with E-state index in [0.29, 0.717) is 24.9 Å². The lowest BCUT2D eigenvalue weighted by atomic mass is 9.99. The number of methoxy groups -OCH3 is 1. The predicted molar refractivity (Wildman–Crippen MR) is 82.8 cm³/mol. The van der Waals surface area contributed by atoms with E-state index in [1.165, 1.54) is 0 Å². The zero-order valence-corrected chi connectivity index (χ0v) is 12.8. The van der Waals surface area contributed by atoms with Crippen molar-refractivity contribution in [1.29, 1.82) is 0 Å². The molecule has 0 aliphatic carbocycles. The number of anilines is 1. The molecule has 1 N–H and O–H groups in total. The summed E-state index contributed by atoms with van der Waals surface area (Å²) in [5, 5.41) is 2.95. The summed E-state index contributed by atoms with van der Waals surface area (Å²) in [6.07, 6.45) is 2.14. The Hall–Kier alpha value is -1.75. The maximum absolute atomic E-state index is 12.4. The number of ether oxygens (including phenoxy) is 2. The summed E-state index contributed by atoms with van der Waals surface area (Å²) in [4.78, 5) is 14.2. The van der Waals surface area contributed by atoms with Crippen LogP contribution in [0.4, 0.5) is 10.5 Å². The summed E-state index contributed by atoms with van der Waals surface area (Å²) >= 11 is 0. The fourth-order valence-corrected chi connectivity index (χ4v) is 2.67. The van der Waals surface area contributed by atoms with E-state index in [1.807, 2.05) is 36.1 Å². The van der Waals surface area contributed by atoms with Crippen molar-refractivity contribution in [1.82, 2.24) is 4.90 Å². The summed E-state index contributed by atoms with van der Waals surface area (Å²) in [5.74, 6) is 1.13. The molecule has 1 fully saturated rings. The van der Waals surface area contributed by atoms with Crippen molar-refractivity contribution in [2.24, 2.45) is 5.92 Å². The highest BCUT2D eigenvalue weighted by Gasteiger charge is 2.24. The molecule has 1 heterocycles. The zero-order valence-electron chi connectivity index (χ0n) is 12.8. The number of para-hydroxylation sites is 2. The van der Waals surface area contributed by atoms with E-state index in [1.54, 1.807) is 7.11 Å². The Labute approximate surface area is 126 Å². The lowest BCUT2D eigenvalue weighted by Crippen LogP contribution is -2.43. The Morgan fingerprint density at radius 2 is 2.24 bits per heavy atom. The highest BCUT2D eigenvalue weighted by Crippen LogP contribution is 2.25. The fourth-order valence-electron chi connectivity index (χ4n) is 2.67. The minimum absolute atomic E-state index is 0.0667. The number of hydrogen-bond donors (Lipinski definition) is 1. The molecule has 0 saturated carbocycles. The molecule has 116 valence electrons. The van der Waals surface area contributed by atoms with Crippen LogP contribution < -0.4 is 10.1 Å². The van der Waals surface area contributed by atoms with Crippen LogP contribution in [-0.4, -0.2) is 44.3 Å². The Morgan fingerprint density at radius 1 is 1.43 bits per heavy atom. The van der Waals surface area contributed by atoms with Gasteiger partial charge in [-0.3, -0.25) is 0 Å². The minimum atomic E-state index is -0.0667. The van der Waals surface area contributed by atoms with E-state index in [4.69, 9.17) is 9.47 Å². The first kappa shape index (κ1) is 15.6. The van der Waals surface area contributed by atoms with Crippen LogP contribution >= 0.6 is 0 Å². The number of hydrogen-bond acceptors (Lipinski definition) is 3. The van der Waals surface area contributed by atoms with Gasteiger partial charge >= 0.3 is 6.03 Å². The highest BCUT2D eigenvalue weighted by atomic mass is 16.5. The van der Waals surface area contributed by atoms with Crippen LogP contribution in [0.25, 0.3) is 0 Å². The molecule has 0 bridgehead atoms. The van der Waals surface area contributed by atoms with E-state index in [0.717, 1.165) is 31.6 Å². The van der Waals surface area contributed by atoms with Gasteiger partial charge in [-0.25, -0.2) is 4.79 Å². The third kappa shape index (κ3) is 4.36. The molecule has 1 aliphatic rings. The molecule has 5 heteroatoms. The van der Waals surface area contributed by atoms with Gasteiger partial charge in [-0.1, -0.05) is 12.1 Å². The summed E-state index contributed by atoms with van der Waals surface area (Å²) in [5.41, 5.74) is 0.721. The van der Waals surface area contributed by atoms with Crippen LogP contribution in [0.3, 0.4) is 0 Å². The molecule has 1 aromatic rings. The average molecular weight is 292 g/mol. The first-order valence-electron chi connectivity index (χ1n) is 7.51. The quantitative estimate of drug-likeness (QED) is 0.907. The molecule has 0 aromatic heterocycles. The molecule has 0 spiro atoms. The van der Waals surface area contributed by atoms with Crippen molar-refractivity contribution in [3.05, 3.63) is 24.3 Å². The molecule has 1 atom stereocenters. The molecular weight excluding hydrogens is 268 g/mol. The molecule has 2 rings (SSSR count). The Balaban J connectivity index is 1.97. The van der Waals surface area contributed by atoms with Crippen LogP contribution in [0.5, 0.6) is 5.75 Å². The number of amides is 2. The smallest absolute Gasteiger partial charge is 0.321 e. The second kappa shape index (κ2) is 7.88. The summed E-state index contributed by atoms with van der Waals surface area (Å²) in [6.45, 7) is 4.75. The third-order valence-corrected chi connectivity index (χ3v) is 3.64. The minimum Gasteiger partial charge on any atom is -0.492 e. The first-order chi connectivity index (χ1) is 10.2. The van der Waals surface area contributed by atoms with Gasteiger partial charge in [0.15, 0.2) is 0 Å². The van der Waals surface area contributed by atoms with Crippen LogP contribution in [0.2, 0.25) is 0 Å². The zero-order chi connectivity index (χ0) is 15.1. The maximum Gasteiger partial charge on any atom is 0.321 e. The number of nitrogens with zero attached hydrogens (tertiary/aromatic N) is 1. The van der Waals surface area contributed by atoms with Crippen LogP contribution in [-0.2, 0) is 4.74 Å². The van der Waals surface area contributed by atoms with E-state index in [2.05, 4.69) is 5.32 Å². The standard InChI is InChI=1S/C16H24N2O3/c1-3-21-15-9-5-4-8-14(15)17-16(19)18-10-6-7-13(11-18)12-20-2/h4-5,8-9,13H,3,6-7,10-12H2,1-2H3,(H,17,19). The second-order valence-electron chi connectivity index (χ2n) is 5.27. The van der Waals surface area contributed by atoms with Gasteiger partial charge < -0.3 is 19.7 Å². The van der Waals surface area contributed by atoms with E-state index >= 15 is 0 Å². The number of likely N-dealkylation sites (tertiary alicyclic amines) is 1. The van der Waals surface area contributed by atoms with Gasteiger partial charge in [0.25, 0.3) is 0 Å². The van der Waals surface area contributed by atoms with E-state index < -0.39 is 0 Å². The molecule has 21 heavy (non-hydrogen) atoms. The maximum atomic E-state index is 12.4. The predicted octanol–water partition coefficient (Wildman–Crippen LogP) is 2.98. The molecule has 2 amide bonds. The lowest BCUT2D eigenvalue weighted by Gasteiger charge is -2.32. The van der Waals surface area contributed by atoms with E-state index in [-0.39, 0.29) is 6.03 Å². The average Bonchev–Trinajstić information content (AvgIpc) is 2.50. The first-order valence-corrected chi connectivity index (χ1v) is 7.51. The van der Waals surface area contributed by atoms with Crippen molar-refractivity contribution in [3.63, 3.8) is 0 Å². The van der Waals surface area contributed by atoms with Crippen molar-refractivity contribution >= 4 is 11.7 Å². The normalized spacial score (nSPS) is 18.4. The number of carbonyl (C=O) groups is 1. The van der Waals surface area contributed by atoms with Crippen molar-refractivity contribution in [2.75, 3.05) is 38.7 Å². The SMILES string of the molecule is CCOc1ccccc1NC(=O)N1CCCC(COC)C1. The van der Waals surface area contributed by atoms with Gasteiger partial charge in [0.05, 0.1) is 18.9 Å². The van der Waals surface area contributed by atoms with Crippen molar-refractivity contribution in [2.45, 2.75) is 19.8 Å². The summed E-state index contributed by atoms with van der Waals surface area (Å²) < 4.78 is 10.7. The number of rotatable bonds is 5. The number of piperidine rings is 1. The number of carbonyl (C=O) groups excluding carboxylic acids is 1. The molecule has 1 aliphatic heterocycles. The van der Waals surface area contributed by atoms with Gasteiger partial charge in [0.1, 0.15) is 5.75 Å². The summed E-state index contributed by atoms with van der Waals surface area (Å²) in [7, 11) is 1.71. The Bertz CT molecular complexity index is 463. The summed E-state index contributed by atoms with van der Waals surface area (Å²) in [6, 6.07) is 7.45. The number of benzene rings is 1. The molecule has 5 nitrogen and oxygen atoms in total. The van der Waals surface area contributed by atoms with Crippen molar-refractivity contribution in [3.8, 4) is 5.75 Å². The van der Waals surface area contributed by atoms with Gasteiger partial charge in [0, 0.05) is 26.1 Å². The molecule has 1 unspecified atom stereocenters. The lowest BCUT2D eigenvalue weighted by molar-refractivity contribution is 0.104. The molecular formula is C16H24N2O3. The second-order valence-corrected chi connectivity index (χ2v) is 5.27. The number of urea groups is 1. The van der Waals surface area contributed by atoms with Gasteiger partial charge in [-0.2, -0.15) is 0 Å². The highest BCUT2D eigenvalue weighted by molar-refractivity contribution is 5.91. The van der Waals surface area contributed by atoms with Gasteiger partial charge in [-0.15, -0.1) is 0 Å². The monoisotopic (exact) mass is 292 g/mol. The van der Waals surface area contributed by atoms with Crippen LogP contribution in [0.1, 0.15) is 19.8 Å². The van der Waals surface area contributed by atoms with Gasteiger partial charge in [0.2, 0.25) is 0 Å². The van der Waals surface area contributed by atoms with Crippen LogP contribution in [0, 0.1) is 5.92 Å². The Morgan fingerprint density at radius 3 is 3.00 bits per heavy atom. The van der Waals surface area contributed by atoms with E-state index in [9.17, 15) is 4.79 Å². The van der Waals surface area contributed by atoms with Crippen LogP contribution in [0.15, 0.2) is 24.3 Å². The topological polar surface area (TPSA) is 50.8 Å². The fraction of sp³-hybridized carbons (Fsp3) is 0.562. The molecule has 1 aromatic carbocycles. The molecule has 1 saturated heterocycles. The van der Waals surface area contributed by atoms with Crippen molar-refractivity contribution < 1.29 is 14.3 Å². The number of nitrogens with one attached hydrogen (secondary N) is 1. The largest absolute Gasteiger partial charge is 0.492 e. The Kier molecular flexibility index (Phi) is 5.87.